The average Bonchev–Trinajstić information content (AvgIpc) is 3.43. The minimum absolute atomic E-state index is 0. The number of nitrogens with zero attached hydrogens (tertiary/aromatic N) is 3. The molecule has 0 spiro atoms. The quantitative estimate of drug-likeness (QED) is 0.293. The number of rotatable bonds is 7. The molecule has 2 aliphatic rings. The molecule has 1 saturated carbocycles. The summed E-state index contributed by atoms with van der Waals surface area (Å²) in [6.45, 7) is 5.80. The van der Waals surface area contributed by atoms with Gasteiger partial charge < -0.3 is 20.3 Å². The van der Waals surface area contributed by atoms with Gasteiger partial charge in [0.1, 0.15) is 5.82 Å². The fourth-order valence-electron chi connectivity index (χ4n) is 2.84. The summed E-state index contributed by atoms with van der Waals surface area (Å²) in [6.07, 6.45) is 3.58. The van der Waals surface area contributed by atoms with Crippen LogP contribution in [0.3, 0.4) is 0 Å². The molecule has 5 nitrogen and oxygen atoms in total. The van der Waals surface area contributed by atoms with Crippen molar-refractivity contribution in [2.24, 2.45) is 16.6 Å². The highest BCUT2D eigenvalue weighted by molar-refractivity contribution is 14.0. The SMILES string of the molecule is I.NC(=NCCCOCC1CC1)N1CCN(c2ccc(F)cc2)CC1. The van der Waals surface area contributed by atoms with E-state index in [1.165, 1.54) is 25.0 Å². The van der Waals surface area contributed by atoms with E-state index in [1.807, 2.05) is 12.1 Å². The van der Waals surface area contributed by atoms with Crippen molar-refractivity contribution in [2.75, 3.05) is 50.8 Å². The van der Waals surface area contributed by atoms with Gasteiger partial charge in [0.25, 0.3) is 0 Å². The first kappa shape index (κ1) is 20.2. The maximum absolute atomic E-state index is 13.0. The Morgan fingerprint density at radius 2 is 1.84 bits per heavy atom. The molecule has 3 rings (SSSR count). The first-order valence-electron chi connectivity index (χ1n) is 8.85. The summed E-state index contributed by atoms with van der Waals surface area (Å²) in [4.78, 5) is 8.82. The standard InChI is InChI=1S/C18H27FN4O.HI/c19-16-4-6-17(7-5-16)22-9-11-23(12-10-22)18(20)21-8-1-13-24-14-15-2-3-15;/h4-7,15H,1-3,8-14H2,(H2,20,21);1H. The van der Waals surface area contributed by atoms with Crippen LogP contribution in [0.2, 0.25) is 0 Å². The van der Waals surface area contributed by atoms with Crippen LogP contribution in [0.4, 0.5) is 10.1 Å². The second kappa shape index (κ2) is 10.2. The molecule has 1 aromatic carbocycles. The highest BCUT2D eigenvalue weighted by atomic mass is 127. The van der Waals surface area contributed by atoms with Crippen molar-refractivity contribution in [3.8, 4) is 0 Å². The number of anilines is 1. The molecule has 1 aliphatic heterocycles. The second-order valence-corrected chi connectivity index (χ2v) is 6.56. The molecular formula is C18H28FIN4O. The maximum Gasteiger partial charge on any atom is 0.191 e. The minimum atomic E-state index is -0.199. The maximum atomic E-state index is 13.0. The molecule has 7 heteroatoms. The van der Waals surface area contributed by atoms with E-state index in [-0.39, 0.29) is 29.8 Å². The number of hydrogen-bond acceptors (Lipinski definition) is 3. The van der Waals surface area contributed by atoms with Gasteiger partial charge in [-0.2, -0.15) is 0 Å². The lowest BCUT2D eigenvalue weighted by Crippen LogP contribution is -2.51. The van der Waals surface area contributed by atoms with Gasteiger partial charge in [0.05, 0.1) is 0 Å². The Kier molecular flexibility index (Phi) is 8.21. The van der Waals surface area contributed by atoms with Gasteiger partial charge in [0.2, 0.25) is 0 Å². The van der Waals surface area contributed by atoms with Crippen LogP contribution in [0.1, 0.15) is 19.3 Å². The van der Waals surface area contributed by atoms with Gasteiger partial charge in [-0.15, -0.1) is 24.0 Å². The van der Waals surface area contributed by atoms with E-state index in [1.54, 1.807) is 0 Å². The number of hydrogen-bond donors (Lipinski definition) is 1. The zero-order valence-electron chi connectivity index (χ0n) is 14.6. The molecule has 0 aromatic heterocycles. The first-order valence-corrected chi connectivity index (χ1v) is 8.85. The smallest absolute Gasteiger partial charge is 0.191 e. The first-order chi connectivity index (χ1) is 11.7. The van der Waals surface area contributed by atoms with Crippen molar-refractivity contribution in [1.29, 1.82) is 0 Å². The average molecular weight is 462 g/mol. The molecule has 140 valence electrons. The highest BCUT2D eigenvalue weighted by Gasteiger charge is 2.21. The van der Waals surface area contributed by atoms with Gasteiger partial charge >= 0.3 is 0 Å². The largest absolute Gasteiger partial charge is 0.381 e. The van der Waals surface area contributed by atoms with Crippen LogP contribution in [-0.4, -0.2) is 56.8 Å². The number of piperazine rings is 1. The van der Waals surface area contributed by atoms with E-state index < -0.39 is 0 Å². The number of aliphatic imine (C=N–C) groups is 1. The van der Waals surface area contributed by atoms with Crippen LogP contribution in [0.25, 0.3) is 0 Å². The Hall–Kier alpha value is -1.09. The van der Waals surface area contributed by atoms with E-state index in [2.05, 4.69) is 14.8 Å². The van der Waals surface area contributed by atoms with Crippen LogP contribution >= 0.6 is 24.0 Å². The molecule has 1 aliphatic carbocycles. The highest BCUT2D eigenvalue weighted by Crippen LogP contribution is 2.28. The van der Waals surface area contributed by atoms with Gasteiger partial charge in [0, 0.05) is 51.6 Å². The lowest BCUT2D eigenvalue weighted by molar-refractivity contribution is 0.123. The third-order valence-electron chi connectivity index (χ3n) is 4.57. The summed E-state index contributed by atoms with van der Waals surface area (Å²) in [5.74, 6) is 1.24. The zero-order chi connectivity index (χ0) is 16.8. The van der Waals surface area contributed by atoms with E-state index in [4.69, 9.17) is 10.5 Å². The normalized spacial score (nSPS) is 18.2. The van der Waals surface area contributed by atoms with Gasteiger partial charge in [0.15, 0.2) is 5.96 Å². The fourth-order valence-corrected chi connectivity index (χ4v) is 2.84. The van der Waals surface area contributed by atoms with Gasteiger partial charge in [-0.3, -0.25) is 4.99 Å². The summed E-state index contributed by atoms with van der Waals surface area (Å²) in [5.41, 5.74) is 7.15. The van der Waals surface area contributed by atoms with Crippen LogP contribution in [0.5, 0.6) is 0 Å². The predicted octanol–water partition coefficient (Wildman–Crippen LogP) is 2.70. The Labute approximate surface area is 166 Å². The van der Waals surface area contributed by atoms with Gasteiger partial charge in [-0.1, -0.05) is 0 Å². The van der Waals surface area contributed by atoms with E-state index >= 15 is 0 Å². The number of guanidine groups is 1. The van der Waals surface area contributed by atoms with Crippen LogP contribution in [-0.2, 0) is 4.74 Å². The molecule has 0 radical (unpaired) electrons. The molecule has 2 fully saturated rings. The Bertz CT molecular complexity index is 543. The summed E-state index contributed by atoms with van der Waals surface area (Å²) in [5, 5.41) is 0. The van der Waals surface area contributed by atoms with E-state index in [0.29, 0.717) is 12.5 Å². The van der Waals surface area contributed by atoms with E-state index in [9.17, 15) is 4.39 Å². The number of nitrogens with two attached hydrogens (primary N) is 1. The molecule has 1 heterocycles. The Morgan fingerprint density at radius 1 is 1.16 bits per heavy atom. The second-order valence-electron chi connectivity index (χ2n) is 6.56. The number of ether oxygens (including phenoxy) is 1. The molecule has 2 N–H and O–H groups in total. The minimum Gasteiger partial charge on any atom is -0.381 e. The third kappa shape index (κ3) is 6.62. The summed E-state index contributed by atoms with van der Waals surface area (Å²) >= 11 is 0. The lowest BCUT2D eigenvalue weighted by atomic mass is 10.2. The molecule has 0 bridgehead atoms. The summed E-state index contributed by atoms with van der Waals surface area (Å²) in [6, 6.07) is 6.65. The lowest BCUT2D eigenvalue weighted by Gasteiger charge is -2.36. The molecule has 25 heavy (non-hydrogen) atoms. The molecule has 0 amide bonds. The van der Waals surface area contributed by atoms with Crippen molar-refractivity contribution >= 4 is 35.6 Å². The van der Waals surface area contributed by atoms with E-state index in [0.717, 1.165) is 57.4 Å². The number of halogens is 2. The molecule has 0 unspecified atom stereocenters. The van der Waals surface area contributed by atoms with Crippen LogP contribution in [0.15, 0.2) is 29.3 Å². The van der Waals surface area contributed by atoms with Crippen molar-refractivity contribution in [3.63, 3.8) is 0 Å². The van der Waals surface area contributed by atoms with Gasteiger partial charge in [-0.25, -0.2) is 4.39 Å². The van der Waals surface area contributed by atoms with Crippen molar-refractivity contribution in [3.05, 3.63) is 30.1 Å². The van der Waals surface area contributed by atoms with Crippen LogP contribution in [0, 0.1) is 11.7 Å². The molecule has 1 aromatic rings. The van der Waals surface area contributed by atoms with Crippen molar-refractivity contribution in [1.82, 2.24) is 4.90 Å². The zero-order valence-corrected chi connectivity index (χ0v) is 16.9. The third-order valence-corrected chi connectivity index (χ3v) is 4.57. The molecule has 0 atom stereocenters. The van der Waals surface area contributed by atoms with Gasteiger partial charge in [-0.05, 0) is 49.4 Å². The van der Waals surface area contributed by atoms with Crippen LogP contribution < -0.4 is 10.6 Å². The topological polar surface area (TPSA) is 54.1 Å². The number of benzene rings is 1. The van der Waals surface area contributed by atoms with Crippen molar-refractivity contribution < 1.29 is 9.13 Å². The Balaban J connectivity index is 0.00000225. The monoisotopic (exact) mass is 462 g/mol. The Morgan fingerprint density at radius 3 is 2.48 bits per heavy atom. The van der Waals surface area contributed by atoms with Crippen molar-refractivity contribution in [2.45, 2.75) is 19.3 Å². The predicted molar refractivity (Wildman–Crippen MR) is 110 cm³/mol. The summed E-state index contributed by atoms with van der Waals surface area (Å²) < 4.78 is 18.6. The summed E-state index contributed by atoms with van der Waals surface area (Å²) in [7, 11) is 0. The molecular weight excluding hydrogens is 434 g/mol. The fraction of sp³-hybridized carbons (Fsp3) is 0.611. The molecule has 1 saturated heterocycles.